The minimum Gasteiger partial charge on any atom is -0.325 e. The molecule has 0 fully saturated rings. The topological polar surface area (TPSA) is 72.2 Å². The fraction of sp³-hybridized carbons (Fsp3) is 0.143. The lowest BCUT2D eigenvalue weighted by atomic mass is 10.1. The Kier molecular flexibility index (Phi) is 5.51. The Bertz CT molecular complexity index is 1170. The van der Waals surface area contributed by atoms with Gasteiger partial charge in [-0.05, 0) is 73.5 Å². The molecule has 2 heterocycles. The van der Waals surface area contributed by atoms with Crippen molar-refractivity contribution in [2.24, 2.45) is 0 Å². The van der Waals surface area contributed by atoms with Gasteiger partial charge in [0.15, 0.2) is 11.5 Å². The SMILES string of the molecule is Cc1cc(C)cc(NC(=O)CSc2ccc3nnc(-c4ccc(Cl)cc4)n3n2)c1. The molecule has 1 amide bonds. The number of hydrogen-bond donors (Lipinski definition) is 1. The number of carbonyl (C=O) groups excluding carboxylic acids is 1. The van der Waals surface area contributed by atoms with E-state index in [4.69, 9.17) is 11.6 Å². The molecule has 1 N–H and O–H groups in total. The molecule has 0 aliphatic carbocycles. The van der Waals surface area contributed by atoms with Gasteiger partial charge in [0, 0.05) is 16.3 Å². The molecular weight excluding hydrogens is 406 g/mol. The normalized spacial score (nSPS) is 11.0. The molecule has 0 atom stereocenters. The second-order valence-electron chi connectivity index (χ2n) is 6.69. The van der Waals surface area contributed by atoms with Crippen LogP contribution in [0.3, 0.4) is 0 Å². The zero-order valence-corrected chi connectivity index (χ0v) is 17.5. The molecule has 0 radical (unpaired) electrons. The number of anilines is 1. The summed E-state index contributed by atoms with van der Waals surface area (Å²) in [6.45, 7) is 4.02. The highest BCUT2D eigenvalue weighted by Crippen LogP contribution is 2.22. The van der Waals surface area contributed by atoms with Crippen LogP contribution >= 0.6 is 23.4 Å². The number of thioether (sulfide) groups is 1. The van der Waals surface area contributed by atoms with Gasteiger partial charge in [0.05, 0.1) is 5.75 Å². The smallest absolute Gasteiger partial charge is 0.234 e. The summed E-state index contributed by atoms with van der Waals surface area (Å²) in [4.78, 5) is 12.3. The van der Waals surface area contributed by atoms with Gasteiger partial charge in [0.2, 0.25) is 5.91 Å². The van der Waals surface area contributed by atoms with Crippen LogP contribution in [-0.4, -0.2) is 31.5 Å². The van der Waals surface area contributed by atoms with Crippen molar-refractivity contribution >= 4 is 40.6 Å². The molecule has 6 nitrogen and oxygen atoms in total. The number of benzene rings is 2. The van der Waals surface area contributed by atoms with Crippen LogP contribution < -0.4 is 5.32 Å². The second kappa shape index (κ2) is 8.23. The molecule has 8 heteroatoms. The maximum atomic E-state index is 12.3. The van der Waals surface area contributed by atoms with Crippen LogP contribution in [0.1, 0.15) is 11.1 Å². The molecule has 0 saturated heterocycles. The molecule has 0 saturated carbocycles. The molecule has 0 bridgehead atoms. The Morgan fingerprint density at radius 2 is 1.76 bits per heavy atom. The van der Waals surface area contributed by atoms with Gasteiger partial charge in [0.25, 0.3) is 0 Å². The highest BCUT2D eigenvalue weighted by molar-refractivity contribution is 7.99. The molecule has 0 aliphatic heterocycles. The third-order valence-electron chi connectivity index (χ3n) is 4.20. The first kappa shape index (κ1) is 19.4. The highest BCUT2D eigenvalue weighted by Gasteiger charge is 2.11. The van der Waals surface area contributed by atoms with E-state index in [2.05, 4.69) is 26.7 Å². The maximum Gasteiger partial charge on any atom is 0.234 e. The quantitative estimate of drug-likeness (QED) is 0.467. The molecule has 146 valence electrons. The van der Waals surface area contributed by atoms with Gasteiger partial charge in [-0.15, -0.1) is 10.2 Å². The van der Waals surface area contributed by atoms with Crippen LogP contribution in [0.15, 0.2) is 59.6 Å². The van der Waals surface area contributed by atoms with Gasteiger partial charge in [0.1, 0.15) is 5.03 Å². The van der Waals surface area contributed by atoms with Gasteiger partial charge in [-0.25, -0.2) is 0 Å². The van der Waals surface area contributed by atoms with Crippen molar-refractivity contribution in [2.45, 2.75) is 18.9 Å². The lowest BCUT2D eigenvalue weighted by Crippen LogP contribution is -2.14. The molecule has 0 aliphatic rings. The fourth-order valence-electron chi connectivity index (χ4n) is 3.01. The summed E-state index contributed by atoms with van der Waals surface area (Å²) in [5.41, 5.74) is 4.54. The van der Waals surface area contributed by atoms with E-state index < -0.39 is 0 Å². The Labute approximate surface area is 177 Å². The number of rotatable bonds is 5. The monoisotopic (exact) mass is 423 g/mol. The summed E-state index contributed by atoms with van der Waals surface area (Å²) >= 11 is 7.32. The van der Waals surface area contributed by atoms with Crippen LogP contribution in [0.4, 0.5) is 5.69 Å². The van der Waals surface area contributed by atoms with Crippen molar-refractivity contribution in [3.05, 3.63) is 70.7 Å². The number of aryl methyl sites for hydroxylation is 2. The molecule has 0 unspecified atom stereocenters. The number of nitrogens with zero attached hydrogens (tertiary/aromatic N) is 4. The number of aromatic nitrogens is 4. The van der Waals surface area contributed by atoms with E-state index in [1.165, 1.54) is 11.8 Å². The molecule has 2 aromatic carbocycles. The first-order valence-electron chi connectivity index (χ1n) is 8.97. The lowest BCUT2D eigenvalue weighted by molar-refractivity contribution is -0.113. The van der Waals surface area contributed by atoms with Crippen molar-refractivity contribution in [1.82, 2.24) is 19.8 Å². The van der Waals surface area contributed by atoms with E-state index in [0.29, 0.717) is 21.5 Å². The molecular formula is C21H18ClN5OS. The number of halogens is 1. The first-order chi connectivity index (χ1) is 14.0. The van der Waals surface area contributed by atoms with Crippen molar-refractivity contribution in [3.8, 4) is 11.4 Å². The van der Waals surface area contributed by atoms with Gasteiger partial charge in [-0.2, -0.15) is 9.61 Å². The summed E-state index contributed by atoms with van der Waals surface area (Å²) in [6, 6.07) is 17.0. The highest BCUT2D eigenvalue weighted by atomic mass is 35.5. The minimum absolute atomic E-state index is 0.0800. The second-order valence-corrected chi connectivity index (χ2v) is 8.12. The van der Waals surface area contributed by atoms with E-state index in [1.54, 1.807) is 16.6 Å². The van der Waals surface area contributed by atoms with Crippen LogP contribution in [0.25, 0.3) is 17.0 Å². The van der Waals surface area contributed by atoms with Crippen molar-refractivity contribution in [1.29, 1.82) is 0 Å². The first-order valence-corrected chi connectivity index (χ1v) is 10.3. The van der Waals surface area contributed by atoms with Crippen molar-refractivity contribution < 1.29 is 4.79 Å². The number of hydrogen-bond acceptors (Lipinski definition) is 5. The Morgan fingerprint density at radius 3 is 2.48 bits per heavy atom. The average Bonchev–Trinajstić information content (AvgIpc) is 3.09. The molecule has 4 rings (SSSR count). The van der Waals surface area contributed by atoms with Crippen molar-refractivity contribution in [2.75, 3.05) is 11.1 Å². The van der Waals surface area contributed by atoms with E-state index in [1.807, 2.05) is 50.2 Å². The predicted octanol–water partition coefficient (Wildman–Crippen LogP) is 4.79. The van der Waals surface area contributed by atoms with E-state index in [9.17, 15) is 4.79 Å². The predicted molar refractivity (Wildman–Crippen MR) is 116 cm³/mol. The number of nitrogens with one attached hydrogen (secondary N) is 1. The standard InChI is InChI=1S/C21H18ClN5OS/c1-13-9-14(2)11-17(10-13)23-19(28)12-29-20-8-7-18-24-25-21(27(18)26-20)15-3-5-16(22)6-4-15/h3-11H,12H2,1-2H3,(H,23,28). The third-order valence-corrected chi connectivity index (χ3v) is 5.37. The summed E-state index contributed by atoms with van der Waals surface area (Å²) in [6.07, 6.45) is 0. The average molecular weight is 424 g/mol. The summed E-state index contributed by atoms with van der Waals surface area (Å²) in [5, 5.41) is 17.3. The van der Waals surface area contributed by atoms with Gasteiger partial charge in [-0.1, -0.05) is 29.4 Å². The Morgan fingerprint density at radius 1 is 1.03 bits per heavy atom. The Hall–Kier alpha value is -2.90. The van der Waals surface area contributed by atoms with Gasteiger partial charge in [-0.3, -0.25) is 4.79 Å². The van der Waals surface area contributed by atoms with Crippen LogP contribution in [0.2, 0.25) is 5.02 Å². The number of fused-ring (bicyclic) bond motifs is 1. The molecule has 29 heavy (non-hydrogen) atoms. The summed E-state index contributed by atoms with van der Waals surface area (Å²) in [5.74, 6) is 0.798. The van der Waals surface area contributed by atoms with Crippen molar-refractivity contribution in [3.63, 3.8) is 0 Å². The van der Waals surface area contributed by atoms with Crippen LogP contribution in [0.5, 0.6) is 0 Å². The lowest BCUT2D eigenvalue weighted by Gasteiger charge is -2.07. The van der Waals surface area contributed by atoms with E-state index >= 15 is 0 Å². The number of carbonyl (C=O) groups is 1. The largest absolute Gasteiger partial charge is 0.325 e. The molecule has 0 spiro atoms. The third kappa shape index (κ3) is 4.58. The van der Waals surface area contributed by atoms with E-state index in [-0.39, 0.29) is 11.7 Å². The molecule has 2 aromatic heterocycles. The van der Waals surface area contributed by atoms with E-state index in [0.717, 1.165) is 22.4 Å². The van der Waals surface area contributed by atoms with Gasteiger partial charge >= 0.3 is 0 Å². The zero-order chi connectivity index (χ0) is 20.4. The summed E-state index contributed by atoms with van der Waals surface area (Å²) < 4.78 is 1.67. The number of amides is 1. The Balaban J connectivity index is 1.49. The maximum absolute atomic E-state index is 12.3. The van der Waals surface area contributed by atoms with Crippen LogP contribution in [0, 0.1) is 13.8 Å². The fourth-order valence-corrected chi connectivity index (χ4v) is 3.79. The van der Waals surface area contributed by atoms with Crippen LogP contribution in [-0.2, 0) is 4.79 Å². The zero-order valence-electron chi connectivity index (χ0n) is 15.9. The summed E-state index contributed by atoms with van der Waals surface area (Å²) in [7, 11) is 0. The molecule has 4 aromatic rings. The minimum atomic E-state index is -0.0800. The van der Waals surface area contributed by atoms with Gasteiger partial charge < -0.3 is 5.32 Å².